The number of amides is 1. The van der Waals surface area contributed by atoms with Gasteiger partial charge in [0.1, 0.15) is 17.8 Å². The summed E-state index contributed by atoms with van der Waals surface area (Å²) in [5.41, 5.74) is 5.25. The molecular weight excluding hydrogens is 463 g/mol. The number of rotatable bonds is 5. The maximum Gasteiger partial charge on any atom is 0.416 e. The molecule has 3 N–H and O–H groups in total. The number of halogens is 3. The zero-order valence-corrected chi connectivity index (χ0v) is 18.6. The molecule has 0 aliphatic carbocycles. The minimum Gasteiger partial charge on any atom is -0.399 e. The molecule has 0 radical (unpaired) electrons. The topological polar surface area (TPSA) is 121 Å². The molecule has 0 unspecified atom stereocenters. The molecule has 0 spiro atoms. The summed E-state index contributed by atoms with van der Waals surface area (Å²) in [6.07, 6.45) is -3.18. The van der Waals surface area contributed by atoms with Crippen LogP contribution in [0.4, 0.5) is 18.9 Å². The molecule has 0 aliphatic rings. The smallest absolute Gasteiger partial charge is 0.399 e. The van der Waals surface area contributed by atoms with Gasteiger partial charge in [0.15, 0.2) is 0 Å². The first-order chi connectivity index (χ1) is 16.5. The SMILES string of the molecule is Cc1ncnn1-c1cccc(-n2nc(C(=O)N[C@H](C)c3cc(N)cc(C(F)(F)F)c3)ccc2=O)c1. The summed E-state index contributed by atoms with van der Waals surface area (Å²) in [5, 5.41) is 10.9. The first kappa shape index (κ1) is 23.7. The van der Waals surface area contributed by atoms with Crippen LogP contribution in [-0.2, 0) is 6.18 Å². The van der Waals surface area contributed by atoms with Gasteiger partial charge in [-0.05, 0) is 61.9 Å². The maximum atomic E-state index is 13.1. The minimum absolute atomic E-state index is 0.0786. The molecule has 0 saturated carbocycles. The molecule has 1 amide bonds. The van der Waals surface area contributed by atoms with Gasteiger partial charge in [0, 0.05) is 11.8 Å². The van der Waals surface area contributed by atoms with Crippen molar-refractivity contribution in [2.45, 2.75) is 26.1 Å². The van der Waals surface area contributed by atoms with Gasteiger partial charge in [-0.1, -0.05) is 6.07 Å². The molecule has 2 aromatic carbocycles. The van der Waals surface area contributed by atoms with Gasteiger partial charge < -0.3 is 11.1 Å². The van der Waals surface area contributed by atoms with Crippen molar-refractivity contribution in [3.8, 4) is 11.4 Å². The molecule has 0 fully saturated rings. The van der Waals surface area contributed by atoms with Crippen LogP contribution in [0.5, 0.6) is 0 Å². The average molecular weight is 483 g/mol. The van der Waals surface area contributed by atoms with Gasteiger partial charge in [-0.2, -0.15) is 28.1 Å². The molecule has 2 heterocycles. The molecule has 180 valence electrons. The second-order valence-electron chi connectivity index (χ2n) is 7.79. The van der Waals surface area contributed by atoms with E-state index < -0.39 is 29.2 Å². The van der Waals surface area contributed by atoms with E-state index in [2.05, 4.69) is 20.5 Å². The summed E-state index contributed by atoms with van der Waals surface area (Å²) in [5.74, 6) is -0.0368. The summed E-state index contributed by atoms with van der Waals surface area (Å²) in [4.78, 5) is 29.4. The van der Waals surface area contributed by atoms with Gasteiger partial charge >= 0.3 is 6.18 Å². The van der Waals surface area contributed by atoms with Crippen molar-refractivity contribution in [3.63, 3.8) is 0 Å². The van der Waals surface area contributed by atoms with Crippen LogP contribution in [0.1, 0.15) is 40.4 Å². The van der Waals surface area contributed by atoms with Gasteiger partial charge in [-0.3, -0.25) is 9.59 Å². The normalized spacial score (nSPS) is 12.4. The Labute approximate surface area is 197 Å². The van der Waals surface area contributed by atoms with Gasteiger partial charge in [0.25, 0.3) is 11.5 Å². The van der Waals surface area contributed by atoms with Crippen LogP contribution in [0.15, 0.2) is 65.7 Å². The second kappa shape index (κ2) is 9.05. The third-order valence-electron chi connectivity index (χ3n) is 5.22. The predicted molar refractivity (Wildman–Crippen MR) is 121 cm³/mol. The van der Waals surface area contributed by atoms with E-state index in [1.54, 1.807) is 35.9 Å². The fourth-order valence-electron chi connectivity index (χ4n) is 3.47. The Bertz CT molecular complexity index is 1460. The Morgan fingerprint density at radius 1 is 1.06 bits per heavy atom. The lowest BCUT2D eigenvalue weighted by Crippen LogP contribution is -2.31. The van der Waals surface area contributed by atoms with Crippen LogP contribution in [0, 0.1) is 6.92 Å². The van der Waals surface area contributed by atoms with Crippen LogP contribution in [-0.4, -0.2) is 30.5 Å². The Balaban J connectivity index is 1.61. The van der Waals surface area contributed by atoms with Crippen molar-refractivity contribution in [3.05, 3.63) is 93.9 Å². The van der Waals surface area contributed by atoms with Crippen molar-refractivity contribution >= 4 is 11.6 Å². The van der Waals surface area contributed by atoms with Crippen molar-refractivity contribution < 1.29 is 18.0 Å². The van der Waals surface area contributed by atoms with E-state index in [0.717, 1.165) is 16.8 Å². The molecule has 2 aromatic heterocycles. The summed E-state index contributed by atoms with van der Waals surface area (Å²) >= 11 is 0. The Morgan fingerprint density at radius 2 is 1.77 bits per heavy atom. The first-order valence-electron chi connectivity index (χ1n) is 10.4. The number of carbonyl (C=O) groups excluding carboxylic acids is 1. The van der Waals surface area contributed by atoms with E-state index >= 15 is 0 Å². The molecule has 4 rings (SSSR count). The summed E-state index contributed by atoms with van der Waals surface area (Å²) in [6, 6.07) is 11.5. The van der Waals surface area contributed by atoms with Gasteiger partial charge in [-0.25, -0.2) is 9.67 Å². The van der Waals surface area contributed by atoms with Crippen LogP contribution < -0.4 is 16.6 Å². The highest BCUT2D eigenvalue weighted by Crippen LogP contribution is 2.32. The molecule has 12 heteroatoms. The Kier molecular flexibility index (Phi) is 6.12. The molecule has 35 heavy (non-hydrogen) atoms. The number of nitrogen functional groups attached to an aromatic ring is 1. The van der Waals surface area contributed by atoms with Crippen molar-refractivity contribution in [1.82, 2.24) is 29.9 Å². The minimum atomic E-state index is -4.58. The third-order valence-corrected chi connectivity index (χ3v) is 5.22. The summed E-state index contributed by atoms with van der Waals surface area (Å²) < 4.78 is 42.0. The molecular formula is C23H20F3N7O2. The number of nitrogens with zero attached hydrogens (tertiary/aromatic N) is 5. The first-order valence-corrected chi connectivity index (χ1v) is 10.4. The number of hydrogen-bond acceptors (Lipinski definition) is 6. The number of aromatic nitrogens is 5. The van der Waals surface area contributed by atoms with E-state index in [0.29, 0.717) is 17.2 Å². The predicted octanol–water partition coefficient (Wildman–Crippen LogP) is 3.21. The monoisotopic (exact) mass is 483 g/mol. The lowest BCUT2D eigenvalue weighted by molar-refractivity contribution is -0.137. The van der Waals surface area contributed by atoms with Crippen LogP contribution in [0.25, 0.3) is 11.4 Å². The number of carbonyl (C=O) groups is 1. The fourth-order valence-corrected chi connectivity index (χ4v) is 3.47. The lowest BCUT2D eigenvalue weighted by atomic mass is 10.0. The van der Waals surface area contributed by atoms with Crippen molar-refractivity contribution in [2.75, 3.05) is 5.73 Å². The molecule has 4 aromatic rings. The van der Waals surface area contributed by atoms with E-state index in [1.807, 2.05) is 0 Å². The van der Waals surface area contributed by atoms with Crippen molar-refractivity contribution in [1.29, 1.82) is 0 Å². The lowest BCUT2D eigenvalue weighted by Gasteiger charge is -2.17. The van der Waals surface area contributed by atoms with Crippen LogP contribution in [0.2, 0.25) is 0 Å². The van der Waals surface area contributed by atoms with Crippen LogP contribution >= 0.6 is 0 Å². The average Bonchev–Trinajstić information content (AvgIpc) is 3.24. The second-order valence-corrected chi connectivity index (χ2v) is 7.79. The Hall–Kier alpha value is -4.48. The number of nitrogens with two attached hydrogens (primary N) is 1. The molecule has 1 atom stereocenters. The van der Waals surface area contributed by atoms with Crippen molar-refractivity contribution in [2.24, 2.45) is 0 Å². The number of hydrogen-bond donors (Lipinski definition) is 2. The summed E-state index contributed by atoms with van der Waals surface area (Å²) in [6.45, 7) is 3.29. The highest BCUT2D eigenvalue weighted by molar-refractivity contribution is 5.92. The van der Waals surface area contributed by atoms with Gasteiger partial charge in [-0.15, -0.1) is 0 Å². The van der Waals surface area contributed by atoms with E-state index in [1.165, 1.54) is 31.5 Å². The van der Waals surface area contributed by atoms with Gasteiger partial charge in [0.2, 0.25) is 0 Å². The zero-order valence-electron chi connectivity index (χ0n) is 18.6. The Morgan fingerprint density at radius 3 is 2.43 bits per heavy atom. The number of nitrogens with one attached hydrogen (secondary N) is 1. The molecule has 0 aliphatic heterocycles. The quantitative estimate of drug-likeness (QED) is 0.421. The van der Waals surface area contributed by atoms with E-state index in [-0.39, 0.29) is 16.9 Å². The largest absolute Gasteiger partial charge is 0.416 e. The van der Waals surface area contributed by atoms with Gasteiger partial charge in [0.05, 0.1) is 23.0 Å². The molecule has 0 saturated heterocycles. The number of benzene rings is 2. The fraction of sp³-hybridized carbons (Fsp3) is 0.174. The maximum absolute atomic E-state index is 13.1. The highest BCUT2D eigenvalue weighted by Gasteiger charge is 2.31. The third kappa shape index (κ3) is 5.05. The zero-order chi connectivity index (χ0) is 25.3. The number of alkyl halides is 3. The van der Waals surface area contributed by atoms with E-state index in [4.69, 9.17) is 5.73 Å². The number of aryl methyl sites for hydroxylation is 1. The highest BCUT2D eigenvalue weighted by atomic mass is 19.4. The number of anilines is 1. The van der Waals surface area contributed by atoms with E-state index in [9.17, 15) is 22.8 Å². The van der Waals surface area contributed by atoms with Crippen LogP contribution in [0.3, 0.4) is 0 Å². The molecule has 9 nitrogen and oxygen atoms in total. The molecule has 0 bridgehead atoms. The summed E-state index contributed by atoms with van der Waals surface area (Å²) in [7, 11) is 0. The standard InChI is InChI=1S/C23H20F3N7O2/c1-13(15-8-16(23(24,25)26)10-17(27)9-15)30-22(35)20-6-7-21(34)33(31-20)19-5-3-4-18(11-19)32-14(2)28-12-29-32/h3-13H,27H2,1-2H3,(H,30,35)/t13-/m1/s1.